The minimum absolute atomic E-state index is 0.181. The molecule has 2 aromatic rings. The fourth-order valence-corrected chi connectivity index (χ4v) is 1.64. The summed E-state index contributed by atoms with van der Waals surface area (Å²) in [5.74, 6) is 1.95. The Morgan fingerprint density at radius 1 is 1.56 bits per heavy atom. The standard InChI is InChI=1S/C11H17N5O2/c1-8(7-17-3)13-11-12-4-5-16(11)6-10-14-9(2)15-18-10/h4-5,8H,6-7H2,1-3H3,(H,12,13). The van der Waals surface area contributed by atoms with Crippen molar-refractivity contribution in [3.8, 4) is 0 Å². The van der Waals surface area contributed by atoms with E-state index in [1.807, 2.05) is 17.7 Å². The van der Waals surface area contributed by atoms with Gasteiger partial charge in [0.15, 0.2) is 5.82 Å². The molecular weight excluding hydrogens is 234 g/mol. The zero-order chi connectivity index (χ0) is 13.0. The number of ether oxygens (including phenoxy) is 1. The minimum Gasteiger partial charge on any atom is -0.383 e. The fraction of sp³-hybridized carbons (Fsp3) is 0.545. The van der Waals surface area contributed by atoms with E-state index in [1.54, 1.807) is 20.2 Å². The van der Waals surface area contributed by atoms with Crippen LogP contribution < -0.4 is 5.32 Å². The predicted octanol–water partition coefficient (Wildman–Crippen LogP) is 1.07. The highest BCUT2D eigenvalue weighted by atomic mass is 16.5. The number of nitrogens with one attached hydrogen (secondary N) is 1. The van der Waals surface area contributed by atoms with Crippen LogP contribution in [-0.4, -0.2) is 39.5 Å². The van der Waals surface area contributed by atoms with Gasteiger partial charge in [-0.1, -0.05) is 5.16 Å². The normalized spacial score (nSPS) is 12.6. The first kappa shape index (κ1) is 12.6. The van der Waals surface area contributed by atoms with E-state index in [0.717, 1.165) is 5.95 Å². The first-order valence-corrected chi connectivity index (χ1v) is 5.75. The molecule has 0 radical (unpaired) electrons. The highest BCUT2D eigenvalue weighted by Gasteiger charge is 2.10. The molecule has 0 saturated carbocycles. The molecule has 0 bridgehead atoms. The summed E-state index contributed by atoms with van der Waals surface area (Å²) >= 11 is 0. The van der Waals surface area contributed by atoms with Gasteiger partial charge in [-0.05, 0) is 13.8 Å². The van der Waals surface area contributed by atoms with Gasteiger partial charge in [-0.3, -0.25) is 0 Å². The SMILES string of the molecule is COCC(C)Nc1nccn1Cc1nc(C)no1. The third-order valence-electron chi connectivity index (χ3n) is 2.38. The maximum absolute atomic E-state index is 5.08. The highest BCUT2D eigenvalue weighted by molar-refractivity contribution is 5.27. The van der Waals surface area contributed by atoms with Crippen molar-refractivity contribution in [1.29, 1.82) is 0 Å². The fourth-order valence-electron chi connectivity index (χ4n) is 1.64. The first-order valence-electron chi connectivity index (χ1n) is 5.75. The summed E-state index contributed by atoms with van der Waals surface area (Å²) in [6, 6.07) is 0.181. The van der Waals surface area contributed by atoms with E-state index in [1.165, 1.54) is 0 Å². The van der Waals surface area contributed by atoms with Gasteiger partial charge in [0.1, 0.15) is 6.54 Å². The Labute approximate surface area is 105 Å². The van der Waals surface area contributed by atoms with Crippen molar-refractivity contribution in [1.82, 2.24) is 19.7 Å². The molecule has 0 fully saturated rings. The maximum Gasteiger partial charge on any atom is 0.246 e. The third kappa shape index (κ3) is 3.07. The monoisotopic (exact) mass is 251 g/mol. The van der Waals surface area contributed by atoms with Crippen LogP contribution in [0.1, 0.15) is 18.6 Å². The molecule has 1 unspecified atom stereocenters. The van der Waals surface area contributed by atoms with Crippen LogP contribution in [0.2, 0.25) is 0 Å². The molecule has 2 aromatic heterocycles. The third-order valence-corrected chi connectivity index (χ3v) is 2.38. The molecule has 2 rings (SSSR count). The number of anilines is 1. The Hall–Kier alpha value is -1.89. The predicted molar refractivity (Wildman–Crippen MR) is 65.3 cm³/mol. The molecule has 98 valence electrons. The highest BCUT2D eigenvalue weighted by Crippen LogP contribution is 2.09. The number of hydrogen-bond donors (Lipinski definition) is 1. The number of imidazole rings is 1. The van der Waals surface area contributed by atoms with Crippen molar-refractivity contribution >= 4 is 5.95 Å². The van der Waals surface area contributed by atoms with Gasteiger partial charge in [-0.2, -0.15) is 4.98 Å². The lowest BCUT2D eigenvalue weighted by molar-refractivity contribution is 0.190. The molecule has 0 aliphatic heterocycles. The second kappa shape index (κ2) is 5.63. The van der Waals surface area contributed by atoms with Crippen LogP contribution in [0.3, 0.4) is 0 Å². The van der Waals surface area contributed by atoms with Crippen molar-refractivity contribution in [2.45, 2.75) is 26.4 Å². The van der Waals surface area contributed by atoms with Crippen LogP contribution in [0.4, 0.5) is 5.95 Å². The smallest absolute Gasteiger partial charge is 0.246 e. The van der Waals surface area contributed by atoms with Crippen molar-refractivity contribution < 1.29 is 9.26 Å². The van der Waals surface area contributed by atoms with Crippen LogP contribution in [0.15, 0.2) is 16.9 Å². The second-order valence-corrected chi connectivity index (χ2v) is 4.11. The van der Waals surface area contributed by atoms with Crippen LogP contribution in [0, 0.1) is 6.92 Å². The Balaban J connectivity index is 2.03. The van der Waals surface area contributed by atoms with Crippen LogP contribution in [0.25, 0.3) is 0 Å². The molecular formula is C11H17N5O2. The molecule has 1 atom stereocenters. The summed E-state index contributed by atoms with van der Waals surface area (Å²) in [6.07, 6.45) is 3.59. The molecule has 7 heteroatoms. The largest absolute Gasteiger partial charge is 0.383 e. The van der Waals surface area contributed by atoms with Gasteiger partial charge in [-0.15, -0.1) is 0 Å². The first-order chi connectivity index (χ1) is 8.69. The van der Waals surface area contributed by atoms with E-state index in [0.29, 0.717) is 24.9 Å². The van der Waals surface area contributed by atoms with Crippen LogP contribution in [0.5, 0.6) is 0 Å². The van der Waals surface area contributed by atoms with E-state index in [2.05, 4.69) is 20.4 Å². The van der Waals surface area contributed by atoms with E-state index >= 15 is 0 Å². The number of aryl methyl sites for hydroxylation is 1. The van der Waals surface area contributed by atoms with E-state index in [4.69, 9.17) is 9.26 Å². The van der Waals surface area contributed by atoms with Gasteiger partial charge < -0.3 is 19.1 Å². The lowest BCUT2D eigenvalue weighted by atomic mass is 10.4. The number of rotatable bonds is 6. The minimum atomic E-state index is 0.181. The van der Waals surface area contributed by atoms with Crippen LogP contribution in [-0.2, 0) is 11.3 Å². The number of aromatic nitrogens is 4. The Kier molecular flexibility index (Phi) is 3.93. The van der Waals surface area contributed by atoms with Gasteiger partial charge in [0.2, 0.25) is 11.8 Å². The zero-order valence-electron chi connectivity index (χ0n) is 10.8. The molecule has 0 amide bonds. The summed E-state index contributed by atoms with van der Waals surface area (Å²) < 4.78 is 12.1. The van der Waals surface area contributed by atoms with Gasteiger partial charge in [0.25, 0.3) is 0 Å². The van der Waals surface area contributed by atoms with Crippen molar-refractivity contribution in [3.63, 3.8) is 0 Å². The molecule has 1 N–H and O–H groups in total. The quantitative estimate of drug-likeness (QED) is 0.827. The Morgan fingerprint density at radius 3 is 3.06 bits per heavy atom. The molecule has 0 aliphatic rings. The van der Waals surface area contributed by atoms with Crippen molar-refractivity contribution in [2.75, 3.05) is 19.0 Å². The second-order valence-electron chi connectivity index (χ2n) is 4.11. The topological polar surface area (TPSA) is 78.0 Å². The van der Waals surface area contributed by atoms with Gasteiger partial charge in [0.05, 0.1) is 6.61 Å². The van der Waals surface area contributed by atoms with Crippen LogP contribution >= 0.6 is 0 Å². The summed E-state index contributed by atoms with van der Waals surface area (Å²) in [4.78, 5) is 8.41. The van der Waals surface area contributed by atoms with E-state index in [-0.39, 0.29) is 6.04 Å². The summed E-state index contributed by atoms with van der Waals surface area (Å²) in [5, 5.41) is 7.01. The van der Waals surface area contributed by atoms with Gasteiger partial charge in [-0.25, -0.2) is 4.98 Å². The Bertz CT molecular complexity index is 493. The van der Waals surface area contributed by atoms with Gasteiger partial charge in [0, 0.05) is 25.5 Å². The number of nitrogens with zero attached hydrogens (tertiary/aromatic N) is 4. The molecule has 0 saturated heterocycles. The average molecular weight is 251 g/mol. The van der Waals surface area contributed by atoms with E-state index in [9.17, 15) is 0 Å². The molecule has 18 heavy (non-hydrogen) atoms. The number of hydrogen-bond acceptors (Lipinski definition) is 6. The lowest BCUT2D eigenvalue weighted by Crippen LogP contribution is -2.23. The average Bonchev–Trinajstić information content (AvgIpc) is 2.90. The summed E-state index contributed by atoms with van der Waals surface area (Å²) in [7, 11) is 1.67. The number of methoxy groups -OCH3 is 1. The summed E-state index contributed by atoms with van der Waals surface area (Å²) in [6.45, 7) is 4.94. The van der Waals surface area contributed by atoms with Crippen molar-refractivity contribution in [3.05, 3.63) is 24.1 Å². The summed E-state index contributed by atoms with van der Waals surface area (Å²) in [5.41, 5.74) is 0. The molecule has 2 heterocycles. The molecule has 0 aromatic carbocycles. The maximum atomic E-state index is 5.08. The van der Waals surface area contributed by atoms with Gasteiger partial charge >= 0.3 is 0 Å². The lowest BCUT2D eigenvalue weighted by Gasteiger charge is -2.14. The molecule has 0 aliphatic carbocycles. The molecule has 0 spiro atoms. The zero-order valence-corrected chi connectivity index (χ0v) is 10.8. The van der Waals surface area contributed by atoms with Crippen molar-refractivity contribution in [2.24, 2.45) is 0 Å². The Morgan fingerprint density at radius 2 is 2.39 bits per heavy atom. The van der Waals surface area contributed by atoms with E-state index < -0.39 is 0 Å². The molecule has 7 nitrogen and oxygen atoms in total.